The number of unbranched alkanes of at least 4 members (excludes halogenated alkanes) is 1. The summed E-state index contributed by atoms with van der Waals surface area (Å²) in [6.07, 6.45) is 3.50. The molecule has 0 bridgehead atoms. The lowest BCUT2D eigenvalue weighted by molar-refractivity contribution is -0.130. The molecule has 0 unspecified atom stereocenters. The highest BCUT2D eigenvalue weighted by Gasteiger charge is 2.14. The van der Waals surface area contributed by atoms with Gasteiger partial charge >= 0.3 is 0 Å². The van der Waals surface area contributed by atoms with E-state index in [1.165, 1.54) is 0 Å². The van der Waals surface area contributed by atoms with E-state index >= 15 is 0 Å². The Balaban J connectivity index is 2.02. The van der Waals surface area contributed by atoms with Crippen molar-refractivity contribution in [2.45, 2.75) is 46.1 Å². The molecule has 2 aromatic carbocycles. The molecule has 0 radical (unpaired) electrons. The largest absolute Gasteiger partial charge is 0.493 e. The van der Waals surface area contributed by atoms with Crippen LogP contribution in [0.2, 0.25) is 0 Å². The van der Waals surface area contributed by atoms with Crippen molar-refractivity contribution in [1.82, 2.24) is 4.90 Å². The summed E-state index contributed by atoms with van der Waals surface area (Å²) in [5, 5.41) is 0. The highest BCUT2D eigenvalue weighted by atomic mass is 16.5. The Hall–Kier alpha value is -2.49. The Morgan fingerprint density at radius 2 is 1.70 bits per heavy atom. The van der Waals surface area contributed by atoms with Gasteiger partial charge in [0.25, 0.3) is 0 Å². The van der Waals surface area contributed by atoms with E-state index in [0.29, 0.717) is 24.5 Å². The molecule has 4 nitrogen and oxygen atoms in total. The molecule has 0 aliphatic carbocycles. The number of carbonyl (C=O) groups is 1. The van der Waals surface area contributed by atoms with Gasteiger partial charge in [0.1, 0.15) is 6.61 Å². The first kappa shape index (κ1) is 20.8. The second kappa shape index (κ2) is 11.3. The molecule has 0 aliphatic rings. The predicted octanol–water partition coefficient (Wildman–Crippen LogP) is 4.86. The van der Waals surface area contributed by atoms with Gasteiger partial charge in [0.15, 0.2) is 11.5 Å². The maximum Gasteiger partial charge on any atom is 0.226 e. The summed E-state index contributed by atoms with van der Waals surface area (Å²) in [7, 11) is 1.63. The Morgan fingerprint density at radius 3 is 2.37 bits per heavy atom. The Bertz CT molecular complexity index is 700. The first-order valence-electron chi connectivity index (χ1n) is 9.79. The van der Waals surface area contributed by atoms with Gasteiger partial charge in [0.05, 0.1) is 13.5 Å². The number of methoxy groups -OCH3 is 1. The SMILES string of the molecule is CCCCN(CCC)C(=O)Cc1ccc(OCc2ccccc2)c(OC)c1. The maximum absolute atomic E-state index is 12.7. The Morgan fingerprint density at radius 1 is 0.926 bits per heavy atom. The fourth-order valence-corrected chi connectivity index (χ4v) is 2.94. The fraction of sp³-hybridized carbons (Fsp3) is 0.435. The zero-order chi connectivity index (χ0) is 19.5. The zero-order valence-electron chi connectivity index (χ0n) is 16.7. The molecule has 0 heterocycles. The third-order valence-corrected chi connectivity index (χ3v) is 4.45. The number of benzene rings is 2. The van der Waals surface area contributed by atoms with Crippen LogP contribution in [0.15, 0.2) is 48.5 Å². The van der Waals surface area contributed by atoms with Crippen molar-refractivity contribution < 1.29 is 14.3 Å². The smallest absolute Gasteiger partial charge is 0.226 e. The average Bonchev–Trinajstić information content (AvgIpc) is 2.70. The van der Waals surface area contributed by atoms with E-state index in [1.54, 1.807) is 7.11 Å². The van der Waals surface area contributed by atoms with Gasteiger partial charge in [-0.15, -0.1) is 0 Å². The van der Waals surface area contributed by atoms with Crippen LogP contribution in [-0.4, -0.2) is 31.0 Å². The third-order valence-electron chi connectivity index (χ3n) is 4.45. The van der Waals surface area contributed by atoms with Crippen LogP contribution in [0.5, 0.6) is 11.5 Å². The molecule has 0 N–H and O–H groups in total. The van der Waals surface area contributed by atoms with E-state index < -0.39 is 0 Å². The minimum atomic E-state index is 0.172. The van der Waals surface area contributed by atoms with Gasteiger partial charge in [-0.3, -0.25) is 4.79 Å². The van der Waals surface area contributed by atoms with Crippen molar-refractivity contribution >= 4 is 5.91 Å². The number of hydrogen-bond acceptors (Lipinski definition) is 3. The minimum absolute atomic E-state index is 0.172. The van der Waals surface area contributed by atoms with Crippen molar-refractivity contribution in [3.05, 3.63) is 59.7 Å². The number of nitrogens with zero attached hydrogens (tertiary/aromatic N) is 1. The standard InChI is InChI=1S/C23H31NO3/c1-4-6-15-24(14-5-2)23(25)17-20-12-13-21(22(16-20)26-3)27-18-19-10-8-7-9-11-19/h7-13,16H,4-6,14-15,17-18H2,1-3H3. The molecule has 2 rings (SSSR count). The van der Waals surface area contributed by atoms with E-state index in [1.807, 2.05) is 53.4 Å². The summed E-state index contributed by atoms with van der Waals surface area (Å²) in [6.45, 7) is 6.38. The summed E-state index contributed by atoms with van der Waals surface area (Å²) in [6, 6.07) is 15.8. The Labute approximate surface area is 163 Å². The number of amides is 1. The van der Waals surface area contributed by atoms with E-state index in [-0.39, 0.29) is 5.91 Å². The molecule has 0 saturated heterocycles. The van der Waals surface area contributed by atoms with Crippen LogP contribution in [0.1, 0.15) is 44.2 Å². The molecule has 1 amide bonds. The molecular formula is C23H31NO3. The van der Waals surface area contributed by atoms with E-state index in [0.717, 1.165) is 43.5 Å². The summed E-state index contributed by atoms with van der Waals surface area (Å²) >= 11 is 0. The lowest BCUT2D eigenvalue weighted by Crippen LogP contribution is -2.33. The van der Waals surface area contributed by atoms with Gasteiger partial charge in [0.2, 0.25) is 5.91 Å². The maximum atomic E-state index is 12.7. The molecule has 2 aromatic rings. The summed E-state index contributed by atoms with van der Waals surface area (Å²) in [5.74, 6) is 1.52. The summed E-state index contributed by atoms with van der Waals surface area (Å²) < 4.78 is 11.4. The van der Waals surface area contributed by atoms with Gasteiger partial charge < -0.3 is 14.4 Å². The number of ether oxygens (including phenoxy) is 2. The van der Waals surface area contributed by atoms with E-state index in [2.05, 4.69) is 13.8 Å². The zero-order valence-corrected chi connectivity index (χ0v) is 16.7. The molecule has 4 heteroatoms. The molecule has 146 valence electrons. The lowest BCUT2D eigenvalue weighted by atomic mass is 10.1. The molecule has 27 heavy (non-hydrogen) atoms. The van der Waals surface area contributed by atoms with Gasteiger partial charge in [0, 0.05) is 13.1 Å². The lowest BCUT2D eigenvalue weighted by Gasteiger charge is -2.22. The number of carbonyl (C=O) groups excluding carboxylic acids is 1. The molecule has 0 fully saturated rings. The molecule has 0 spiro atoms. The van der Waals surface area contributed by atoms with Crippen molar-refractivity contribution in [1.29, 1.82) is 0 Å². The van der Waals surface area contributed by atoms with Gasteiger partial charge in [-0.25, -0.2) is 0 Å². The first-order valence-corrected chi connectivity index (χ1v) is 9.79. The minimum Gasteiger partial charge on any atom is -0.493 e. The summed E-state index contributed by atoms with van der Waals surface area (Å²) in [4.78, 5) is 14.6. The van der Waals surface area contributed by atoms with Crippen LogP contribution in [0, 0.1) is 0 Å². The predicted molar refractivity (Wildman–Crippen MR) is 109 cm³/mol. The third kappa shape index (κ3) is 6.63. The quantitative estimate of drug-likeness (QED) is 0.568. The Kier molecular flexibility index (Phi) is 8.69. The molecule has 0 saturated carbocycles. The number of rotatable bonds is 11. The molecule has 0 aromatic heterocycles. The van der Waals surface area contributed by atoms with Gasteiger partial charge in [-0.05, 0) is 36.1 Å². The second-order valence-corrected chi connectivity index (χ2v) is 6.67. The van der Waals surface area contributed by atoms with Crippen molar-refractivity contribution in [3.8, 4) is 11.5 Å². The topological polar surface area (TPSA) is 38.8 Å². The van der Waals surface area contributed by atoms with Crippen LogP contribution in [0.25, 0.3) is 0 Å². The van der Waals surface area contributed by atoms with Crippen LogP contribution in [0.4, 0.5) is 0 Å². The molecular weight excluding hydrogens is 338 g/mol. The monoisotopic (exact) mass is 369 g/mol. The van der Waals surface area contributed by atoms with E-state index in [9.17, 15) is 4.79 Å². The fourth-order valence-electron chi connectivity index (χ4n) is 2.94. The second-order valence-electron chi connectivity index (χ2n) is 6.67. The van der Waals surface area contributed by atoms with Crippen LogP contribution >= 0.6 is 0 Å². The highest BCUT2D eigenvalue weighted by molar-refractivity contribution is 5.79. The first-order chi connectivity index (χ1) is 13.2. The van der Waals surface area contributed by atoms with E-state index in [4.69, 9.17) is 9.47 Å². The van der Waals surface area contributed by atoms with Crippen molar-refractivity contribution in [2.75, 3.05) is 20.2 Å². The number of hydrogen-bond donors (Lipinski definition) is 0. The normalized spacial score (nSPS) is 10.5. The molecule has 0 aliphatic heterocycles. The highest BCUT2D eigenvalue weighted by Crippen LogP contribution is 2.29. The van der Waals surface area contributed by atoms with Crippen molar-refractivity contribution in [3.63, 3.8) is 0 Å². The van der Waals surface area contributed by atoms with Gasteiger partial charge in [-0.2, -0.15) is 0 Å². The summed E-state index contributed by atoms with van der Waals surface area (Å²) in [5.41, 5.74) is 2.05. The molecule has 0 atom stereocenters. The van der Waals surface area contributed by atoms with Crippen LogP contribution in [-0.2, 0) is 17.8 Å². The van der Waals surface area contributed by atoms with Gasteiger partial charge in [-0.1, -0.05) is 56.7 Å². The average molecular weight is 370 g/mol. The van der Waals surface area contributed by atoms with Crippen LogP contribution in [0.3, 0.4) is 0 Å². The van der Waals surface area contributed by atoms with Crippen LogP contribution < -0.4 is 9.47 Å². The van der Waals surface area contributed by atoms with Crippen molar-refractivity contribution in [2.24, 2.45) is 0 Å².